The molecule has 132 valence electrons. The number of carboxylic acid groups (broad SMARTS) is 2. The van der Waals surface area contributed by atoms with Crippen LogP contribution < -0.4 is 16.4 Å². The molecule has 23 heavy (non-hydrogen) atoms. The Balaban J connectivity index is 4.48. The van der Waals surface area contributed by atoms with E-state index in [4.69, 9.17) is 27.5 Å². The van der Waals surface area contributed by atoms with E-state index in [-0.39, 0.29) is 18.6 Å². The minimum atomic E-state index is -1.22. The quantitative estimate of drug-likeness (QED) is 0.213. The molecule has 0 fully saturated rings. The Morgan fingerprint density at radius 3 is 2.39 bits per heavy atom. The van der Waals surface area contributed by atoms with E-state index < -0.39 is 42.4 Å². The number of nitrogens with one attached hydrogen (secondary N) is 2. The van der Waals surface area contributed by atoms with E-state index in [9.17, 15) is 19.2 Å². The lowest BCUT2D eigenvalue weighted by Gasteiger charge is -2.18. The van der Waals surface area contributed by atoms with Crippen LogP contribution in [0.4, 0.5) is 0 Å². The monoisotopic (exact) mass is 369 g/mol. The van der Waals surface area contributed by atoms with Crippen molar-refractivity contribution in [3.05, 3.63) is 0 Å². The van der Waals surface area contributed by atoms with Crippen LogP contribution in [-0.4, -0.2) is 70.0 Å². The van der Waals surface area contributed by atoms with Gasteiger partial charge < -0.3 is 26.6 Å². The summed E-state index contributed by atoms with van der Waals surface area (Å²) < 4.78 is 0. The van der Waals surface area contributed by atoms with Crippen molar-refractivity contribution in [3.8, 4) is 0 Å². The zero-order valence-electron chi connectivity index (χ0n) is 12.3. The van der Waals surface area contributed by atoms with Gasteiger partial charge in [-0.2, -0.15) is 11.8 Å². The molecule has 2 amide bonds. The van der Waals surface area contributed by atoms with Gasteiger partial charge in [0.1, 0.15) is 18.6 Å². The molecule has 0 aliphatic carbocycles. The molecule has 0 aromatic rings. The fourth-order valence-electron chi connectivity index (χ4n) is 1.40. The first-order valence-electron chi connectivity index (χ1n) is 6.68. The second-order valence-electron chi connectivity index (χ2n) is 4.48. The van der Waals surface area contributed by atoms with Gasteiger partial charge >= 0.3 is 11.9 Å². The molecule has 0 aromatic carbocycles. The molecule has 0 aromatic heterocycles. The Labute approximate surface area is 142 Å². The molecular weight excluding hydrogens is 350 g/mol. The van der Waals surface area contributed by atoms with E-state index in [1.54, 1.807) is 0 Å². The summed E-state index contributed by atoms with van der Waals surface area (Å²) in [6, 6.07) is -2.10. The third kappa shape index (κ3) is 10.8. The van der Waals surface area contributed by atoms with E-state index in [2.05, 4.69) is 10.6 Å². The van der Waals surface area contributed by atoms with Gasteiger partial charge in [0.15, 0.2) is 0 Å². The number of rotatable bonds is 12. The fourth-order valence-corrected chi connectivity index (χ4v) is 2.47. The van der Waals surface area contributed by atoms with Crippen LogP contribution in [0.25, 0.3) is 0 Å². The van der Waals surface area contributed by atoms with E-state index in [0.29, 0.717) is 11.6 Å². The second-order valence-corrected chi connectivity index (χ2v) is 6.01. The first-order valence-corrected chi connectivity index (χ1v) is 8.37. The molecule has 0 heterocycles. The molecule has 6 N–H and O–H groups in total. The number of carbonyl (C=O) groups is 4. The van der Waals surface area contributed by atoms with Crippen LogP contribution in [0.5, 0.6) is 0 Å². The number of amides is 2. The molecule has 0 rings (SSSR count). The summed E-state index contributed by atoms with van der Waals surface area (Å²) in [5, 5.41) is 21.8. The topological polar surface area (TPSA) is 159 Å². The standard InChI is InChI=1S/C12H20ClN3O6S/c13-3-4-23-6-8(11(20)15-5-10(18)19)16-9(17)2-1-7(14)12(21)22/h7-8H,1-6,14H2,(H,15,20)(H,16,17)(H,18,19)(H,21,22). The predicted octanol–water partition coefficient (Wildman–Crippen LogP) is -1.16. The molecule has 0 bridgehead atoms. The molecule has 2 atom stereocenters. The molecule has 11 heteroatoms. The predicted molar refractivity (Wildman–Crippen MR) is 85.5 cm³/mol. The van der Waals surface area contributed by atoms with Gasteiger partial charge in [-0.1, -0.05) is 0 Å². The van der Waals surface area contributed by atoms with Gasteiger partial charge in [-0.3, -0.25) is 19.2 Å². The number of thioether (sulfide) groups is 1. The lowest BCUT2D eigenvalue weighted by atomic mass is 10.1. The minimum Gasteiger partial charge on any atom is -0.480 e. The van der Waals surface area contributed by atoms with E-state index in [1.165, 1.54) is 11.8 Å². The molecule has 2 unspecified atom stereocenters. The normalized spacial score (nSPS) is 13.0. The first kappa shape index (κ1) is 21.5. The molecular formula is C12H20ClN3O6S. The maximum atomic E-state index is 11.9. The van der Waals surface area contributed by atoms with Crippen molar-refractivity contribution in [3.63, 3.8) is 0 Å². The van der Waals surface area contributed by atoms with Crippen LogP contribution in [0.2, 0.25) is 0 Å². The van der Waals surface area contributed by atoms with Crippen LogP contribution >= 0.6 is 23.4 Å². The van der Waals surface area contributed by atoms with Gasteiger partial charge in [-0.15, -0.1) is 11.6 Å². The maximum absolute atomic E-state index is 11.9. The van der Waals surface area contributed by atoms with Crippen molar-refractivity contribution in [1.82, 2.24) is 10.6 Å². The van der Waals surface area contributed by atoms with Crippen LogP contribution in [0.3, 0.4) is 0 Å². The summed E-state index contributed by atoms with van der Waals surface area (Å²) >= 11 is 6.85. The summed E-state index contributed by atoms with van der Waals surface area (Å²) in [6.07, 6.45) is -0.226. The summed E-state index contributed by atoms with van der Waals surface area (Å²) in [5.74, 6) is -2.45. The van der Waals surface area contributed by atoms with Gasteiger partial charge in [0.2, 0.25) is 11.8 Å². The molecule has 9 nitrogen and oxygen atoms in total. The van der Waals surface area contributed by atoms with Crippen molar-refractivity contribution < 1.29 is 29.4 Å². The number of aliphatic carboxylic acids is 2. The highest BCUT2D eigenvalue weighted by atomic mass is 35.5. The van der Waals surface area contributed by atoms with Crippen LogP contribution in [0.15, 0.2) is 0 Å². The van der Waals surface area contributed by atoms with Gasteiger partial charge in [0, 0.05) is 23.8 Å². The fraction of sp³-hybridized carbons (Fsp3) is 0.667. The summed E-state index contributed by atoms with van der Waals surface area (Å²) in [7, 11) is 0. The third-order valence-corrected chi connectivity index (χ3v) is 4.05. The third-order valence-electron chi connectivity index (χ3n) is 2.57. The number of hydrogen-bond donors (Lipinski definition) is 5. The van der Waals surface area contributed by atoms with Gasteiger partial charge in [-0.05, 0) is 6.42 Å². The van der Waals surface area contributed by atoms with Crippen molar-refractivity contribution >= 4 is 47.1 Å². The van der Waals surface area contributed by atoms with E-state index in [0.717, 1.165) is 0 Å². The molecule has 0 aliphatic rings. The number of carboxylic acids is 2. The SMILES string of the molecule is NC(CCC(=O)NC(CSCCCl)C(=O)NCC(=O)O)C(=O)O. The number of carbonyl (C=O) groups excluding carboxylic acids is 2. The molecule has 0 spiro atoms. The Morgan fingerprint density at radius 1 is 1.22 bits per heavy atom. The van der Waals surface area contributed by atoms with Gasteiger partial charge in [-0.25, -0.2) is 0 Å². The zero-order valence-corrected chi connectivity index (χ0v) is 13.9. The molecule has 0 saturated carbocycles. The number of nitrogens with two attached hydrogens (primary N) is 1. The Morgan fingerprint density at radius 2 is 1.87 bits per heavy atom. The largest absolute Gasteiger partial charge is 0.480 e. The highest BCUT2D eigenvalue weighted by Crippen LogP contribution is 2.05. The Bertz CT molecular complexity index is 437. The lowest BCUT2D eigenvalue weighted by Crippen LogP contribution is -2.49. The lowest BCUT2D eigenvalue weighted by molar-refractivity contribution is -0.139. The minimum absolute atomic E-state index is 0.0700. The van der Waals surface area contributed by atoms with Crippen molar-refractivity contribution in [2.45, 2.75) is 24.9 Å². The molecule has 0 aliphatic heterocycles. The van der Waals surface area contributed by atoms with Crippen molar-refractivity contribution in [2.24, 2.45) is 5.73 Å². The average Bonchev–Trinajstić information content (AvgIpc) is 2.49. The maximum Gasteiger partial charge on any atom is 0.322 e. The smallest absolute Gasteiger partial charge is 0.322 e. The van der Waals surface area contributed by atoms with Crippen LogP contribution in [0.1, 0.15) is 12.8 Å². The summed E-state index contributed by atoms with van der Waals surface area (Å²) in [4.78, 5) is 44.7. The van der Waals surface area contributed by atoms with Crippen molar-refractivity contribution in [2.75, 3.05) is 23.9 Å². The average molecular weight is 370 g/mol. The van der Waals surface area contributed by atoms with Crippen molar-refractivity contribution in [1.29, 1.82) is 0 Å². The highest BCUT2D eigenvalue weighted by Gasteiger charge is 2.22. The molecule has 0 radical (unpaired) electrons. The first-order chi connectivity index (χ1) is 10.8. The number of alkyl halides is 1. The second kappa shape index (κ2) is 12.0. The molecule has 0 saturated heterocycles. The van der Waals surface area contributed by atoms with E-state index in [1.807, 2.05) is 0 Å². The Hall–Kier alpha value is -1.52. The van der Waals surface area contributed by atoms with Crippen LogP contribution in [0, 0.1) is 0 Å². The number of hydrogen-bond acceptors (Lipinski definition) is 6. The number of halogens is 1. The van der Waals surface area contributed by atoms with E-state index >= 15 is 0 Å². The summed E-state index contributed by atoms with van der Waals surface area (Å²) in [6.45, 7) is -0.560. The Kier molecular flexibility index (Phi) is 11.2. The zero-order chi connectivity index (χ0) is 17.8. The van der Waals surface area contributed by atoms with Gasteiger partial charge in [0.05, 0.1) is 0 Å². The summed E-state index contributed by atoms with van der Waals surface area (Å²) in [5.41, 5.74) is 5.29. The highest BCUT2D eigenvalue weighted by molar-refractivity contribution is 7.99. The van der Waals surface area contributed by atoms with Gasteiger partial charge in [0.25, 0.3) is 0 Å². The van der Waals surface area contributed by atoms with Crippen LogP contribution in [-0.2, 0) is 19.2 Å².